The Hall–Kier alpha value is -0.390. The van der Waals surface area contributed by atoms with E-state index >= 15 is 0 Å². The molecule has 0 aliphatic heterocycles. The average molecular weight is 247 g/mol. The summed E-state index contributed by atoms with van der Waals surface area (Å²) >= 11 is 1.28. The van der Waals surface area contributed by atoms with Gasteiger partial charge in [-0.25, -0.2) is 8.42 Å². The highest BCUT2D eigenvalue weighted by atomic mass is 32.2. The van der Waals surface area contributed by atoms with Crippen LogP contribution in [0.4, 0.5) is 0 Å². The fourth-order valence-corrected chi connectivity index (χ4v) is 4.17. The lowest BCUT2D eigenvalue weighted by Gasteiger charge is -2.14. The molecule has 1 rings (SSSR count). The normalized spacial score (nSPS) is 14.0. The highest BCUT2D eigenvalue weighted by Crippen LogP contribution is 2.18. The molecular weight excluding hydrogens is 230 g/mol. The SMILES string of the molecule is CCCC(CS(=O)(=O)c1cccs1)NC. The molecule has 1 aromatic rings. The van der Waals surface area contributed by atoms with Crippen LogP contribution in [0.1, 0.15) is 19.8 Å². The van der Waals surface area contributed by atoms with E-state index in [-0.39, 0.29) is 11.8 Å². The van der Waals surface area contributed by atoms with E-state index in [4.69, 9.17) is 0 Å². The van der Waals surface area contributed by atoms with Gasteiger partial charge in [-0.2, -0.15) is 0 Å². The van der Waals surface area contributed by atoms with Gasteiger partial charge in [-0.15, -0.1) is 11.3 Å². The molecule has 3 nitrogen and oxygen atoms in total. The summed E-state index contributed by atoms with van der Waals surface area (Å²) in [6.45, 7) is 2.06. The molecule has 1 atom stereocenters. The Labute approximate surface area is 95.4 Å². The zero-order chi connectivity index (χ0) is 11.3. The molecule has 0 aliphatic carbocycles. The van der Waals surface area contributed by atoms with Crippen LogP contribution < -0.4 is 5.32 Å². The first-order valence-corrected chi connectivity index (χ1v) is 7.57. The van der Waals surface area contributed by atoms with Gasteiger partial charge in [-0.05, 0) is 24.9 Å². The largest absolute Gasteiger partial charge is 0.316 e. The second-order valence-corrected chi connectivity index (χ2v) is 6.70. The third-order valence-electron chi connectivity index (χ3n) is 2.27. The topological polar surface area (TPSA) is 46.2 Å². The Morgan fingerprint density at radius 3 is 2.73 bits per heavy atom. The zero-order valence-corrected chi connectivity index (χ0v) is 10.7. The molecule has 1 heterocycles. The van der Waals surface area contributed by atoms with E-state index in [9.17, 15) is 8.42 Å². The van der Waals surface area contributed by atoms with Crippen LogP contribution >= 0.6 is 11.3 Å². The first kappa shape index (κ1) is 12.7. The van der Waals surface area contributed by atoms with Crippen LogP contribution in [0.5, 0.6) is 0 Å². The summed E-state index contributed by atoms with van der Waals surface area (Å²) in [7, 11) is -1.28. The molecule has 1 unspecified atom stereocenters. The lowest BCUT2D eigenvalue weighted by molar-refractivity contribution is 0.537. The number of rotatable bonds is 6. The van der Waals surface area contributed by atoms with E-state index in [0.717, 1.165) is 12.8 Å². The molecule has 0 aromatic carbocycles. The molecule has 86 valence electrons. The average Bonchev–Trinajstić information content (AvgIpc) is 2.70. The summed E-state index contributed by atoms with van der Waals surface area (Å²) in [4.78, 5) is 0. The molecular formula is C10H17NO2S2. The van der Waals surface area contributed by atoms with Gasteiger partial charge >= 0.3 is 0 Å². The maximum Gasteiger partial charge on any atom is 0.189 e. The van der Waals surface area contributed by atoms with Gasteiger partial charge in [0.25, 0.3) is 0 Å². The van der Waals surface area contributed by atoms with Crippen LogP contribution in [0, 0.1) is 0 Å². The minimum absolute atomic E-state index is 0.0575. The molecule has 0 spiro atoms. The summed E-state index contributed by atoms with van der Waals surface area (Å²) in [5.41, 5.74) is 0. The molecule has 0 saturated carbocycles. The van der Waals surface area contributed by atoms with Crippen LogP contribution in [0.15, 0.2) is 21.7 Å². The van der Waals surface area contributed by atoms with Crippen LogP contribution in [0.25, 0.3) is 0 Å². The maximum atomic E-state index is 11.9. The van der Waals surface area contributed by atoms with Gasteiger partial charge < -0.3 is 5.32 Å². The summed E-state index contributed by atoms with van der Waals surface area (Å²) in [6.07, 6.45) is 1.88. The van der Waals surface area contributed by atoms with E-state index in [1.165, 1.54) is 11.3 Å². The first-order valence-electron chi connectivity index (χ1n) is 5.03. The Bertz CT molecular complexity index is 370. The fourth-order valence-electron chi connectivity index (χ4n) is 1.45. The van der Waals surface area contributed by atoms with E-state index in [1.54, 1.807) is 17.5 Å². The van der Waals surface area contributed by atoms with Crippen molar-refractivity contribution in [2.75, 3.05) is 12.8 Å². The number of nitrogens with one attached hydrogen (secondary N) is 1. The quantitative estimate of drug-likeness (QED) is 0.835. The molecule has 0 aliphatic rings. The van der Waals surface area contributed by atoms with Crippen LogP contribution in [-0.2, 0) is 9.84 Å². The van der Waals surface area contributed by atoms with Gasteiger partial charge in [0, 0.05) is 6.04 Å². The van der Waals surface area contributed by atoms with Crippen LogP contribution in [-0.4, -0.2) is 27.3 Å². The zero-order valence-electron chi connectivity index (χ0n) is 9.06. The Balaban J connectivity index is 2.72. The van der Waals surface area contributed by atoms with Gasteiger partial charge in [0.1, 0.15) is 4.21 Å². The van der Waals surface area contributed by atoms with Crippen molar-refractivity contribution in [1.82, 2.24) is 5.32 Å². The lowest BCUT2D eigenvalue weighted by Crippen LogP contribution is -2.32. The third kappa shape index (κ3) is 3.59. The number of sulfone groups is 1. The molecule has 1 aromatic heterocycles. The molecule has 15 heavy (non-hydrogen) atoms. The van der Waals surface area contributed by atoms with Gasteiger partial charge in [0.05, 0.1) is 5.75 Å². The van der Waals surface area contributed by atoms with Crippen molar-refractivity contribution in [3.05, 3.63) is 17.5 Å². The molecule has 5 heteroatoms. The van der Waals surface area contributed by atoms with Gasteiger partial charge in [-0.3, -0.25) is 0 Å². The molecule has 0 radical (unpaired) electrons. The predicted octanol–water partition coefficient (Wildman–Crippen LogP) is 1.91. The Kier molecular flexibility index (Phi) is 4.76. The van der Waals surface area contributed by atoms with Gasteiger partial charge in [-0.1, -0.05) is 19.4 Å². The van der Waals surface area contributed by atoms with E-state index < -0.39 is 9.84 Å². The van der Waals surface area contributed by atoms with E-state index in [1.807, 2.05) is 7.05 Å². The van der Waals surface area contributed by atoms with Crippen LogP contribution in [0.3, 0.4) is 0 Å². The van der Waals surface area contributed by atoms with Crippen molar-refractivity contribution in [1.29, 1.82) is 0 Å². The Morgan fingerprint density at radius 1 is 1.53 bits per heavy atom. The molecule has 0 bridgehead atoms. The van der Waals surface area contributed by atoms with Gasteiger partial charge in [0.2, 0.25) is 0 Å². The number of hydrogen-bond acceptors (Lipinski definition) is 4. The molecule has 0 saturated heterocycles. The molecule has 0 amide bonds. The first-order chi connectivity index (χ1) is 7.10. The lowest BCUT2D eigenvalue weighted by atomic mass is 10.2. The smallest absolute Gasteiger partial charge is 0.189 e. The highest BCUT2D eigenvalue weighted by molar-refractivity contribution is 7.93. The molecule has 1 N–H and O–H groups in total. The minimum Gasteiger partial charge on any atom is -0.316 e. The summed E-state index contributed by atoms with van der Waals surface area (Å²) in [6, 6.07) is 3.49. The summed E-state index contributed by atoms with van der Waals surface area (Å²) in [5.74, 6) is 0.192. The van der Waals surface area contributed by atoms with Crippen molar-refractivity contribution < 1.29 is 8.42 Å². The summed E-state index contributed by atoms with van der Waals surface area (Å²) in [5, 5.41) is 4.84. The van der Waals surface area contributed by atoms with Crippen molar-refractivity contribution in [2.45, 2.75) is 30.0 Å². The second kappa shape index (κ2) is 5.63. The maximum absolute atomic E-state index is 11.9. The third-order valence-corrected chi connectivity index (χ3v) is 5.57. The van der Waals surface area contributed by atoms with Crippen molar-refractivity contribution in [3.8, 4) is 0 Å². The highest BCUT2D eigenvalue weighted by Gasteiger charge is 2.20. The fraction of sp³-hybridized carbons (Fsp3) is 0.600. The monoisotopic (exact) mass is 247 g/mol. The van der Waals surface area contributed by atoms with Crippen molar-refractivity contribution in [2.24, 2.45) is 0 Å². The second-order valence-electron chi connectivity index (χ2n) is 3.49. The standard InChI is InChI=1S/C10H17NO2S2/c1-3-5-9(11-2)8-15(12,13)10-6-4-7-14-10/h4,6-7,9,11H,3,5,8H2,1-2H3. The minimum atomic E-state index is -3.09. The number of hydrogen-bond donors (Lipinski definition) is 1. The van der Waals surface area contributed by atoms with Crippen molar-refractivity contribution in [3.63, 3.8) is 0 Å². The van der Waals surface area contributed by atoms with Gasteiger partial charge in [0.15, 0.2) is 9.84 Å². The summed E-state index contributed by atoms with van der Waals surface area (Å²) < 4.78 is 24.3. The van der Waals surface area contributed by atoms with E-state index in [2.05, 4.69) is 12.2 Å². The Morgan fingerprint density at radius 2 is 2.27 bits per heavy atom. The molecule has 0 fully saturated rings. The number of thiophene rings is 1. The van der Waals surface area contributed by atoms with Crippen molar-refractivity contribution >= 4 is 21.2 Å². The van der Waals surface area contributed by atoms with E-state index in [0.29, 0.717) is 4.21 Å². The predicted molar refractivity (Wildman–Crippen MR) is 64.1 cm³/mol. The van der Waals surface area contributed by atoms with Crippen LogP contribution in [0.2, 0.25) is 0 Å².